The van der Waals surface area contributed by atoms with Crippen molar-refractivity contribution in [2.24, 2.45) is 0 Å². The van der Waals surface area contributed by atoms with E-state index in [2.05, 4.69) is 0 Å². The average Bonchev–Trinajstić information content (AvgIpc) is 2.90. The maximum Gasteiger partial charge on any atom is 0.339 e. The van der Waals surface area contributed by atoms with E-state index in [0.29, 0.717) is 11.1 Å². The molecule has 0 atom stereocenters. The van der Waals surface area contributed by atoms with Gasteiger partial charge in [0.25, 0.3) is 0 Å². The topological polar surface area (TPSA) is 43.4 Å². The Balaban J connectivity index is 1.65. The number of hydrogen-bond donors (Lipinski definition) is 0. The van der Waals surface area contributed by atoms with Crippen LogP contribution in [0.2, 0.25) is 0 Å². The van der Waals surface area contributed by atoms with Crippen LogP contribution in [-0.4, -0.2) is 18.4 Å². The average molecular weight is 328 g/mol. The molecular formula is C19H20O3S. The number of thiophene rings is 1. The Hall–Kier alpha value is -1.94. The van der Waals surface area contributed by atoms with Crippen LogP contribution < -0.4 is 0 Å². The van der Waals surface area contributed by atoms with Gasteiger partial charge in [0.2, 0.25) is 0 Å². The molecule has 2 aromatic rings. The van der Waals surface area contributed by atoms with E-state index >= 15 is 0 Å². The van der Waals surface area contributed by atoms with Crippen LogP contribution in [0.1, 0.15) is 54.4 Å². The standard InChI is InChI=1S/C19H20O3S/c1-12-9-17(13(2)23-12)19(21)22-11-18(20)16-8-7-14-5-3-4-6-15(14)10-16/h7-10H,3-6,11H2,1-2H3. The summed E-state index contributed by atoms with van der Waals surface area (Å²) in [6.45, 7) is 3.64. The lowest BCUT2D eigenvalue weighted by Gasteiger charge is -2.16. The number of rotatable bonds is 4. The smallest absolute Gasteiger partial charge is 0.339 e. The maximum atomic E-state index is 12.3. The predicted octanol–water partition coefficient (Wildman–Crippen LogP) is 4.28. The second-order valence-electron chi connectivity index (χ2n) is 6.02. The van der Waals surface area contributed by atoms with Crippen molar-refractivity contribution in [1.29, 1.82) is 0 Å². The lowest BCUT2D eigenvalue weighted by atomic mass is 9.90. The van der Waals surface area contributed by atoms with Gasteiger partial charge < -0.3 is 4.74 Å². The summed E-state index contributed by atoms with van der Waals surface area (Å²) in [7, 11) is 0. The van der Waals surface area contributed by atoms with E-state index < -0.39 is 5.97 Å². The Labute approximate surface area is 140 Å². The van der Waals surface area contributed by atoms with Crippen LogP contribution in [0.3, 0.4) is 0 Å². The number of ether oxygens (including phenoxy) is 1. The zero-order valence-electron chi connectivity index (χ0n) is 13.5. The van der Waals surface area contributed by atoms with E-state index in [4.69, 9.17) is 4.74 Å². The fraction of sp³-hybridized carbons (Fsp3) is 0.368. The molecule has 1 heterocycles. The monoisotopic (exact) mass is 328 g/mol. The van der Waals surface area contributed by atoms with Crippen molar-refractivity contribution in [2.75, 3.05) is 6.61 Å². The quantitative estimate of drug-likeness (QED) is 0.621. The van der Waals surface area contributed by atoms with Crippen LogP contribution in [0.5, 0.6) is 0 Å². The second kappa shape index (κ2) is 6.67. The third-order valence-electron chi connectivity index (χ3n) is 4.27. The highest BCUT2D eigenvalue weighted by Crippen LogP contribution is 2.23. The molecule has 4 heteroatoms. The van der Waals surface area contributed by atoms with Crippen molar-refractivity contribution >= 4 is 23.1 Å². The van der Waals surface area contributed by atoms with Gasteiger partial charge in [-0.15, -0.1) is 11.3 Å². The van der Waals surface area contributed by atoms with Gasteiger partial charge in [-0.1, -0.05) is 12.1 Å². The van der Waals surface area contributed by atoms with E-state index in [1.807, 2.05) is 38.1 Å². The van der Waals surface area contributed by atoms with Gasteiger partial charge in [0, 0.05) is 15.3 Å². The lowest BCUT2D eigenvalue weighted by Crippen LogP contribution is -2.15. The molecule has 0 bridgehead atoms. The highest BCUT2D eigenvalue weighted by atomic mass is 32.1. The number of benzene rings is 1. The Morgan fingerprint density at radius 1 is 1.09 bits per heavy atom. The molecule has 0 fully saturated rings. The Kier molecular flexibility index (Phi) is 4.62. The van der Waals surface area contributed by atoms with Crippen LogP contribution in [0.25, 0.3) is 0 Å². The first-order valence-corrected chi connectivity index (χ1v) is 8.75. The third-order valence-corrected chi connectivity index (χ3v) is 5.23. The molecule has 1 aliphatic rings. The fourth-order valence-electron chi connectivity index (χ4n) is 3.03. The van der Waals surface area contributed by atoms with Crippen LogP contribution in [0, 0.1) is 13.8 Å². The number of ketones is 1. The van der Waals surface area contributed by atoms with Crippen molar-refractivity contribution in [1.82, 2.24) is 0 Å². The Morgan fingerprint density at radius 2 is 1.83 bits per heavy atom. The van der Waals surface area contributed by atoms with Gasteiger partial charge in [0.05, 0.1) is 5.56 Å². The minimum Gasteiger partial charge on any atom is -0.454 e. The highest BCUT2D eigenvalue weighted by molar-refractivity contribution is 7.12. The molecule has 0 unspecified atom stereocenters. The molecule has 23 heavy (non-hydrogen) atoms. The third kappa shape index (κ3) is 3.53. The van der Waals surface area contributed by atoms with E-state index in [1.54, 1.807) is 11.3 Å². The predicted molar refractivity (Wildman–Crippen MR) is 91.5 cm³/mol. The van der Waals surface area contributed by atoms with Crippen molar-refractivity contribution in [3.63, 3.8) is 0 Å². The van der Waals surface area contributed by atoms with E-state index in [1.165, 1.54) is 24.0 Å². The zero-order valence-corrected chi connectivity index (χ0v) is 14.3. The zero-order chi connectivity index (χ0) is 16.4. The molecule has 0 saturated heterocycles. The number of Topliss-reactive ketones (excluding diaryl/α,β-unsaturated/α-hetero) is 1. The molecule has 0 N–H and O–H groups in total. The second-order valence-corrected chi connectivity index (χ2v) is 7.48. The van der Waals surface area contributed by atoms with Gasteiger partial charge in [-0.25, -0.2) is 4.79 Å². The SMILES string of the molecule is Cc1cc(C(=O)OCC(=O)c2ccc3c(c2)CCCC3)c(C)s1. The normalized spacial score (nSPS) is 13.5. The van der Waals surface area contributed by atoms with Crippen molar-refractivity contribution in [3.05, 3.63) is 56.3 Å². The molecule has 1 aromatic heterocycles. The van der Waals surface area contributed by atoms with Crippen molar-refractivity contribution in [3.8, 4) is 0 Å². The number of hydrogen-bond acceptors (Lipinski definition) is 4. The summed E-state index contributed by atoms with van der Waals surface area (Å²) in [6, 6.07) is 7.66. The Bertz CT molecular complexity index is 758. The highest BCUT2D eigenvalue weighted by Gasteiger charge is 2.17. The maximum absolute atomic E-state index is 12.3. The first-order valence-electron chi connectivity index (χ1n) is 7.94. The molecule has 1 aromatic carbocycles. The first-order chi connectivity index (χ1) is 11.0. The van der Waals surface area contributed by atoms with Gasteiger partial charge in [-0.05, 0) is 62.8 Å². The van der Waals surface area contributed by atoms with Gasteiger partial charge >= 0.3 is 5.97 Å². The molecule has 0 spiro atoms. The molecule has 0 saturated carbocycles. The van der Waals surface area contributed by atoms with Crippen LogP contribution in [-0.2, 0) is 17.6 Å². The molecule has 3 nitrogen and oxygen atoms in total. The van der Waals surface area contributed by atoms with E-state index in [9.17, 15) is 9.59 Å². The molecule has 3 rings (SSSR count). The lowest BCUT2D eigenvalue weighted by molar-refractivity contribution is 0.0474. The molecule has 0 amide bonds. The van der Waals surface area contributed by atoms with Gasteiger partial charge in [-0.2, -0.15) is 0 Å². The molecule has 120 valence electrons. The number of carbonyl (C=O) groups excluding carboxylic acids is 2. The fourth-order valence-corrected chi connectivity index (χ4v) is 3.94. The number of fused-ring (bicyclic) bond motifs is 1. The largest absolute Gasteiger partial charge is 0.454 e. The van der Waals surface area contributed by atoms with E-state index in [-0.39, 0.29) is 12.4 Å². The number of aryl methyl sites for hydroxylation is 4. The summed E-state index contributed by atoms with van der Waals surface area (Å²) in [6.07, 6.45) is 4.52. The summed E-state index contributed by atoms with van der Waals surface area (Å²) in [5.41, 5.74) is 3.80. The van der Waals surface area contributed by atoms with E-state index in [0.717, 1.165) is 22.6 Å². The summed E-state index contributed by atoms with van der Waals surface area (Å²) in [5, 5.41) is 0. The summed E-state index contributed by atoms with van der Waals surface area (Å²) < 4.78 is 5.20. The molecular weight excluding hydrogens is 308 g/mol. The van der Waals surface area contributed by atoms with Gasteiger partial charge in [-0.3, -0.25) is 4.79 Å². The minimum atomic E-state index is -0.418. The van der Waals surface area contributed by atoms with Gasteiger partial charge in [0.1, 0.15) is 0 Å². The van der Waals surface area contributed by atoms with Crippen molar-refractivity contribution in [2.45, 2.75) is 39.5 Å². The summed E-state index contributed by atoms with van der Waals surface area (Å²) in [5.74, 6) is -0.561. The number of esters is 1. The molecule has 1 aliphatic carbocycles. The van der Waals surface area contributed by atoms with Gasteiger partial charge in [0.15, 0.2) is 12.4 Å². The minimum absolute atomic E-state index is 0.142. The van der Waals surface area contributed by atoms with Crippen LogP contribution in [0.4, 0.5) is 0 Å². The summed E-state index contributed by atoms with van der Waals surface area (Å²) >= 11 is 1.56. The molecule has 0 radical (unpaired) electrons. The molecule has 0 aliphatic heterocycles. The summed E-state index contributed by atoms with van der Waals surface area (Å²) in [4.78, 5) is 26.4. The number of carbonyl (C=O) groups is 2. The Morgan fingerprint density at radius 3 is 2.52 bits per heavy atom. The van der Waals surface area contributed by atoms with Crippen LogP contribution in [0.15, 0.2) is 24.3 Å². The van der Waals surface area contributed by atoms with Crippen molar-refractivity contribution < 1.29 is 14.3 Å². The first kappa shape index (κ1) is 15.9. The van der Waals surface area contributed by atoms with Crippen LogP contribution >= 0.6 is 11.3 Å².